The average molecular weight is 422 g/mol. The maximum absolute atomic E-state index is 12.7. The summed E-state index contributed by atoms with van der Waals surface area (Å²) in [5, 5.41) is 15.3. The van der Waals surface area contributed by atoms with E-state index in [0.29, 0.717) is 12.5 Å². The van der Waals surface area contributed by atoms with Gasteiger partial charge in [-0.05, 0) is 44.6 Å². The molecular formula is C20H35N7OS. The van der Waals surface area contributed by atoms with Gasteiger partial charge in [0, 0.05) is 38.6 Å². The van der Waals surface area contributed by atoms with Crippen LogP contribution < -0.4 is 10.6 Å². The topological polar surface area (TPSA) is 87.4 Å². The highest BCUT2D eigenvalue weighted by Crippen LogP contribution is 2.27. The highest BCUT2D eigenvalue weighted by molar-refractivity contribution is 7.98. The zero-order valence-electron chi connectivity index (χ0n) is 18.0. The first kappa shape index (κ1) is 21.9. The lowest BCUT2D eigenvalue weighted by Gasteiger charge is -2.21. The molecule has 2 aliphatic rings. The molecule has 2 fully saturated rings. The van der Waals surface area contributed by atoms with Gasteiger partial charge in [-0.1, -0.05) is 12.8 Å². The number of hydrogen-bond acceptors (Lipinski definition) is 5. The first-order valence-electron chi connectivity index (χ1n) is 10.8. The summed E-state index contributed by atoms with van der Waals surface area (Å²) < 4.78 is 1.96. The summed E-state index contributed by atoms with van der Waals surface area (Å²) in [4.78, 5) is 19.5. The van der Waals surface area contributed by atoms with Gasteiger partial charge in [0.25, 0.3) is 0 Å². The van der Waals surface area contributed by atoms with E-state index in [-0.39, 0.29) is 12.0 Å². The normalized spacial score (nSPS) is 20.4. The van der Waals surface area contributed by atoms with E-state index in [2.05, 4.69) is 27.1 Å². The van der Waals surface area contributed by atoms with Gasteiger partial charge < -0.3 is 20.1 Å². The third kappa shape index (κ3) is 6.10. The molecule has 1 saturated carbocycles. The summed E-state index contributed by atoms with van der Waals surface area (Å²) in [5.41, 5.74) is 0. The Balaban J connectivity index is 1.56. The van der Waals surface area contributed by atoms with E-state index in [4.69, 9.17) is 4.99 Å². The van der Waals surface area contributed by atoms with Crippen molar-refractivity contribution in [3.8, 4) is 0 Å². The molecule has 9 heteroatoms. The number of thioether (sulfide) groups is 1. The van der Waals surface area contributed by atoms with Gasteiger partial charge in [0.05, 0.1) is 0 Å². The maximum Gasteiger partial charge on any atom is 0.225 e. The molecule has 0 aromatic carbocycles. The van der Waals surface area contributed by atoms with E-state index < -0.39 is 0 Å². The number of amides is 1. The molecule has 0 radical (unpaired) electrons. The third-order valence-electron chi connectivity index (χ3n) is 5.92. The fourth-order valence-corrected chi connectivity index (χ4v) is 4.45. The summed E-state index contributed by atoms with van der Waals surface area (Å²) in [6.45, 7) is 4.91. The number of aromatic nitrogens is 3. The number of aliphatic imine (C=N–C) groups is 1. The number of carbonyl (C=O) groups is 1. The molecule has 1 saturated heterocycles. The Bertz CT molecular complexity index is 699. The minimum absolute atomic E-state index is 0.244. The number of carbonyl (C=O) groups excluding carboxylic acids is 1. The van der Waals surface area contributed by atoms with E-state index in [1.165, 1.54) is 12.8 Å². The summed E-state index contributed by atoms with van der Waals surface area (Å²) in [6, 6.07) is 0.244. The van der Waals surface area contributed by atoms with Crippen molar-refractivity contribution in [3.63, 3.8) is 0 Å². The minimum atomic E-state index is 0.244. The highest BCUT2D eigenvalue weighted by Gasteiger charge is 2.32. The molecule has 1 atom stereocenters. The number of nitrogens with one attached hydrogen (secondary N) is 2. The first-order chi connectivity index (χ1) is 14.1. The van der Waals surface area contributed by atoms with Crippen molar-refractivity contribution in [2.45, 2.75) is 58.0 Å². The number of nitrogens with zero attached hydrogens (tertiary/aromatic N) is 5. The third-order valence-corrected chi connectivity index (χ3v) is 6.62. The lowest BCUT2D eigenvalue weighted by molar-refractivity contribution is -0.134. The maximum atomic E-state index is 12.7. The Kier molecular flexibility index (Phi) is 8.20. The van der Waals surface area contributed by atoms with Crippen LogP contribution in [0, 0.1) is 12.8 Å². The molecule has 162 valence electrons. The average Bonchev–Trinajstić information content (AvgIpc) is 3.47. The lowest BCUT2D eigenvalue weighted by atomic mass is 10.1. The Hall–Kier alpha value is -1.77. The zero-order valence-corrected chi connectivity index (χ0v) is 18.8. The van der Waals surface area contributed by atoms with Gasteiger partial charge in [-0.15, -0.1) is 10.2 Å². The lowest BCUT2D eigenvalue weighted by Crippen LogP contribution is -2.45. The molecule has 2 N–H and O–H groups in total. The highest BCUT2D eigenvalue weighted by atomic mass is 32.2. The molecule has 1 unspecified atom stereocenters. The number of guanidine groups is 1. The van der Waals surface area contributed by atoms with E-state index in [9.17, 15) is 4.79 Å². The number of aryl methyl sites for hydroxylation is 1. The van der Waals surface area contributed by atoms with Crippen LogP contribution in [-0.2, 0) is 18.4 Å². The number of hydrogen-bond donors (Lipinski definition) is 2. The Morgan fingerprint density at radius 2 is 2.07 bits per heavy atom. The smallest absolute Gasteiger partial charge is 0.225 e. The first-order valence-corrected chi connectivity index (χ1v) is 12.1. The van der Waals surface area contributed by atoms with Crippen LogP contribution in [0.4, 0.5) is 0 Å². The molecule has 8 nitrogen and oxygen atoms in total. The second kappa shape index (κ2) is 10.8. The Labute approximate surface area is 178 Å². The van der Waals surface area contributed by atoms with E-state index in [0.717, 1.165) is 68.7 Å². The van der Waals surface area contributed by atoms with Gasteiger partial charge in [0.2, 0.25) is 5.91 Å². The van der Waals surface area contributed by atoms with Gasteiger partial charge in [0.15, 0.2) is 11.8 Å². The van der Waals surface area contributed by atoms with Crippen LogP contribution in [0.3, 0.4) is 0 Å². The van der Waals surface area contributed by atoms with Crippen LogP contribution in [-0.4, -0.2) is 69.2 Å². The van der Waals surface area contributed by atoms with Crippen LogP contribution in [0.25, 0.3) is 0 Å². The molecule has 29 heavy (non-hydrogen) atoms. The molecular weight excluding hydrogens is 386 g/mol. The predicted octanol–water partition coefficient (Wildman–Crippen LogP) is 1.70. The molecule has 0 spiro atoms. The van der Waals surface area contributed by atoms with Crippen LogP contribution in [0.5, 0.6) is 0 Å². The molecule has 1 aromatic rings. The van der Waals surface area contributed by atoms with Crippen molar-refractivity contribution in [3.05, 3.63) is 11.6 Å². The van der Waals surface area contributed by atoms with Crippen molar-refractivity contribution >= 4 is 23.6 Å². The van der Waals surface area contributed by atoms with E-state index in [1.807, 2.05) is 35.2 Å². The van der Waals surface area contributed by atoms with Gasteiger partial charge >= 0.3 is 0 Å². The van der Waals surface area contributed by atoms with Gasteiger partial charge in [-0.25, -0.2) is 4.99 Å². The monoisotopic (exact) mass is 421 g/mol. The summed E-state index contributed by atoms with van der Waals surface area (Å²) in [6.07, 6.45) is 8.70. The van der Waals surface area contributed by atoms with Crippen molar-refractivity contribution in [1.29, 1.82) is 0 Å². The van der Waals surface area contributed by atoms with Crippen LogP contribution in [0.1, 0.15) is 50.2 Å². The van der Waals surface area contributed by atoms with Gasteiger partial charge in [-0.3, -0.25) is 4.79 Å². The molecule has 2 heterocycles. The molecule has 0 bridgehead atoms. The van der Waals surface area contributed by atoms with Crippen LogP contribution in [0.2, 0.25) is 0 Å². The largest absolute Gasteiger partial charge is 0.356 e. The van der Waals surface area contributed by atoms with Crippen molar-refractivity contribution < 1.29 is 4.79 Å². The molecule has 1 amide bonds. The van der Waals surface area contributed by atoms with Crippen molar-refractivity contribution in [2.75, 3.05) is 31.6 Å². The fourth-order valence-electron chi connectivity index (χ4n) is 4.02. The molecule has 3 rings (SSSR count). The Morgan fingerprint density at radius 1 is 1.28 bits per heavy atom. The summed E-state index contributed by atoms with van der Waals surface area (Å²) in [7, 11) is 1.96. The number of rotatable bonds is 8. The summed E-state index contributed by atoms with van der Waals surface area (Å²) in [5.74, 6) is 4.26. The quantitative estimate of drug-likeness (QED) is 0.377. The van der Waals surface area contributed by atoms with Crippen molar-refractivity contribution in [2.24, 2.45) is 18.0 Å². The zero-order chi connectivity index (χ0) is 20.6. The predicted molar refractivity (Wildman–Crippen MR) is 118 cm³/mol. The minimum Gasteiger partial charge on any atom is -0.356 e. The number of likely N-dealkylation sites (tertiary alicyclic amines) is 1. The fraction of sp³-hybridized carbons (Fsp3) is 0.800. The second-order valence-electron chi connectivity index (χ2n) is 8.06. The molecule has 1 aliphatic heterocycles. The van der Waals surface area contributed by atoms with Crippen LogP contribution >= 0.6 is 11.8 Å². The van der Waals surface area contributed by atoms with Crippen molar-refractivity contribution in [1.82, 2.24) is 30.3 Å². The standard InChI is InChI=1S/C20H35N7OS/c1-15-24-25-18(26(15)2)13-22-20(21-10-6-12-29-3)23-17-9-11-27(14-17)19(28)16-7-4-5-8-16/h16-17H,4-14H2,1-3H3,(H2,21,22,23). The van der Waals surface area contributed by atoms with E-state index in [1.54, 1.807) is 0 Å². The second-order valence-corrected chi connectivity index (χ2v) is 9.04. The van der Waals surface area contributed by atoms with Gasteiger partial charge in [-0.2, -0.15) is 11.8 Å². The molecule has 1 aliphatic carbocycles. The van der Waals surface area contributed by atoms with Crippen LogP contribution in [0.15, 0.2) is 4.99 Å². The Morgan fingerprint density at radius 3 is 2.76 bits per heavy atom. The van der Waals surface area contributed by atoms with E-state index >= 15 is 0 Å². The van der Waals surface area contributed by atoms with Gasteiger partial charge in [0.1, 0.15) is 12.4 Å². The molecule has 1 aromatic heterocycles. The SMILES string of the molecule is CSCCCNC(=NCc1nnc(C)n1C)NC1CCN(C(=O)C2CCCC2)C1. The summed E-state index contributed by atoms with van der Waals surface area (Å²) >= 11 is 1.85.